The molecule has 0 bridgehead atoms. The van der Waals surface area contributed by atoms with Gasteiger partial charge in [-0.2, -0.15) is 5.26 Å². The van der Waals surface area contributed by atoms with Crippen LogP contribution < -0.4 is 4.74 Å². The van der Waals surface area contributed by atoms with Crippen LogP contribution in [-0.2, 0) is 6.42 Å². The minimum atomic E-state index is 0.549. The molecule has 0 atom stereocenters. The molecule has 0 spiro atoms. The van der Waals surface area contributed by atoms with Gasteiger partial charge in [-0.15, -0.1) is 11.3 Å². The monoisotopic (exact) mass is 320 g/mol. The highest BCUT2D eigenvalue weighted by Crippen LogP contribution is 2.27. The molecule has 1 aromatic heterocycles. The van der Waals surface area contributed by atoms with E-state index in [4.69, 9.17) is 15.0 Å². The van der Waals surface area contributed by atoms with E-state index < -0.39 is 0 Å². The Bertz CT molecular complexity index is 834. The lowest BCUT2D eigenvalue weighted by Crippen LogP contribution is -2.02. The maximum absolute atomic E-state index is 8.90. The van der Waals surface area contributed by atoms with Crippen LogP contribution in [0.1, 0.15) is 16.1 Å². The maximum Gasteiger partial charge on any atom is 0.123 e. The quantitative estimate of drug-likeness (QED) is 0.689. The summed E-state index contributed by atoms with van der Waals surface area (Å²) in [6, 6.07) is 19.5. The highest BCUT2D eigenvalue weighted by molar-refractivity contribution is 7.15. The first kappa shape index (κ1) is 15.3. The second kappa shape index (κ2) is 7.08. The molecule has 0 saturated carbocycles. The van der Waals surface area contributed by atoms with Gasteiger partial charge in [-0.25, -0.2) is 4.98 Å². The molecule has 4 heteroatoms. The van der Waals surface area contributed by atoms with Crippen molar-refractivity contribution < 1.29 is 4.74 Å². The minimum absolute atomic E-state index is 0.549. The second-order valence-corrected chi connectivity index (χ2v) is 6.33. The highest BCUT2D eigenvalue weighted by Gasteiger charge is 2.09. The van der Waals surface area contributed by atoms with Crippen LogP contribution in [0.4, 0.5) is 0 Å². The van der Waals surface area contributed by atoms with Crippen LogP contribution in [0.25, 0.3) is 10.6 Å². The first-order chi connectivity index (χ1) is 11.3. The van der Waals surface area contributed by atoms with Crippen LogP contribution in [-0.4, -0.2) is 11.6 Å². The van der Waals surface area contributed by atoms with E-state index in [1.54, 1.807) is 23.5 Å². The summed E-state index contributed by atoms with van der Waals surface area (Å²) >= 11 is 1.71. The van der Waals surface area contributed by atoms with E-state index in [0.29, 0.717) is 12.2 Å². The van der Waals surface area contributed by atoms with Gasteiger partial charge in [0.25, 0.3) is 0 Å². The van der Waals surface area contributed by atoms with Crippen molar-refractivity contribution >= 4 is 11.3 Å². The van der Waals surface area contributed by atoms with E-state index in [1.807, 2.05) is 30.3 Å². The van der Waals surface area contributed by atoms with Gasteiger partial charge < -0.3 is 4.74 Å². The molecular weight excluding hydrogens is 304 g/mol. The zero-order chi connectivity index (χ0) is 16.1. The fourth-order valence-electron chi connectivity index (χ4n) is 2.29. The summed E-state index contributed by atoms with van der Waals surface area (Å²) in [4.78, 5) is 5.95. The number of hydrogen-bond donors (Lipinski definition) is 0. The van der Waals surface area contributed by atoms with Crippen LogP contribution in [0.15, 0.2) is 54.6 Å². The predicted molar refractivity (Wildman–Crippen MR) is 92.6 cm³/mol. The van der Waals surface area contributed by atoms with E-state index in [-0.39, 0.29) is 0 Å². The number of rotatable bonds is 5. The van der Waals surface area contributed by atoms with Crippen molar-refractivity contribution in [2.24, 2.45) is 0 Å². The van der Waals surface area contributed by atoms with Gasteiger partial charge >= 0.3 is 0 Å². The molecule has 0 amide bonds. The predicted octanol–water partition coefficient (Wildman–Crippen LogP) is 4.61. The molecule has 0 radical (unpaired) electrons. The van der Waals surface area contributed by atoms with E-state index in [1.165, 1.54) is 4.88 Å². The third kappa shape index (κ3) is 3.77. The Morgan fingerprint density at radius 3 is 2.74 bits per heavy atom. The number of ether oxygens (including phenoxy) is 1. The average molecular weight is 320 g/mol. The van der Waals surface area contributed by atoms with E-state index >= 15 is 0 Å². The fraction of sp³-hybridized carbons (Fsp3) is 0.158. The summed E-state index contributed by atoms with van der Waals surface area (Å²) in [6.07, 6.45) is 0.756. The lowest BCUT2D eigenvalue weighted by atomic mass is 10.2. The van der Waals surface area contributed by atoms with Crippen molar-refractivity contribution in [2.45, 2.75) is 13.3 Å². The van der Waals surface area contributed by atoms with Crippen molar-refractivity contribution in [3.05, 3.63) is 70.7 Å². The zero-order valence-electron chi connectivity index (χ0n) is 12.8. The van der Waals surface area contributed by atoms with Crippen molar-refractivity contribution in [1.82, 2.24) is 4.98 Å². The topological polar surface area (TPSA) is 45.9 Å². The average Bonchev–Trinajstić information content (AvgIpc) is 2.97. The number of benzene rings is 2. The molecule has 114 valence electrons. The molecule has 3 rings (SSSR count). The first-order valence-electron chi connectivity index (χ1n) is 7.41. The van der Waals surface area contributed by atoms with Crippen molar-refractivity contribution in [2.75, 3.05) is 6.61 Å². The normalized spacial score (nSPS) is 10.3. The molecule has 0 aliphatic carbocycles. The SMILES string of the molecule is Cc1sc(-c2ccccc2)nc1CCOc1cccc(C#N)c1. The molecule has 0 aliphatic rings. The summed E-state index contributed by atoms with van der Waals surface area (Å²) in [6.45, 7) is 2.64. The lowest BCUT2D eigenvalue weighted by Gasteiger charge is -2.05. The van der Waals surface area contributed by atoms with E-state index in [2.05, 4.69) is 25.1 Å². The fourth-order valence-corrected chi connectivity index (χ4v) is 3.25. The van der Waals surface area contributed by atoms with Crippen molar-refractivity contribution in [1.29, 1.82) is 5.26 Å². The van der Waals surface area contributed by atoms with Gasteiger partial charge in [-0.3, -0.25) is 0 Å². The third-order valence-corrected chi connectivity index (χ3v) is 4.55. The Labute approximate surface area is 139 Å². The Morgan fingerprint density at radius 2 is 1.96 bits per heavy atom. The van der Waals surface area contributed by atoms with Gasteiger partial charge in [0, 0.05) is 16.9 Å². The molecule has 0 aliphatic heterocycles. The summed E-state index contributed by atoms with van der Waals surface area (Å²) < 4.78 is 5.74. The lowest BCUT2D eigenvalue weighted by molar-refractivity contribution is 0.320. The summed E-state index contributed by atoms with van der Waals surface area (Å²) in [5.74, 6) is 0.722. The Morgan fingerprint density at radius 1 is 1.13 bits per heavy atom. The summed E-state index contributed by atoms with van der Waals surface area (Å²) in [5.41, 5.74) is 2.83. The van der Waals surface area contributed by atoms with Gasteiger partial charge in [-0.1, -0.05) is 36.4 Å². The zero-order valence-corrected chi connectivity index (χ0v) is 13.6. The molecular formula is C19H16N2OS. The molecule has 0 unspecified atom stereocenters. The molecule has 3 nitrogen and oxygen atoms in total. The Kier molecular flexibility index (Phi) is 4.70. The van der Waals surface area contributed by atoms with Crippen LogP contribution >= 0.6 is 11.3 Å². The number of aromatic nitrogens is 1. The number of hydrogen-bond acceptors (Lipinski definition) is 4. The van der Waals surface area contributed by atoms with Gasteiger partial charge in [-0.05, 0) is 25.1 Å². The Hall–Kier alpha value is -2.64. The Balaban J connectivity index is 1.65. The first-order valence-corrected chi connectivity index (χ1v) is 8.22. The van der Waals surface area contributed by atoms with Gasteiger partial charge in [0.1, 0.15) is 10.8 Å². The van der Waals surface area contributed by atoms with Crippen LogP contribution in [0, 0.1) is 18.3 Å². The molecule has 0 saturated heterocycles. The van der Waals surface area contributed by atoms with Gasteiger partial charge in [0.15, 0.2) is 0 Å². The number of aryl methyl sites for hydroxylation is 1. The summed E-state index contributed by atoms with van der Waals surface area (Å²) in [7, 11) is 0. The largest absolute Gasteiger partial charge is 0.493 e. The minimum Gasteiger partial charge on any atom is -0.493 e. The van der Waals surface area contributed by atoms with E-state index in [0.717, 1.165) is 28.4 Å². The molecule has 23 heavy (non-hydrogen) atoms. The number of thiazole rings is 1. The smallest absolute Gasteiger partial charge is 0.123 e. The van der Waals surface area contributed by atoms with Crippen LogP contribution in [0.3, 0.4) is 0 Å². The maximum atomic E-state index is 8.90. The van der Waals surface area contributed by atoms with Crippen molar-refractivity contribution in [3.8, 4) is 22.4 Å². The highest BCUT2D eigenvalue weighted by atomic mass is 32.1. The van der Waals surface area contributed by atoms with Gasteiger partial charge in [0.05, 0.1) is 23.9 Å². The number of nitriles is 1. The standard InChI is InChI=1S/C19H16N2OS/c1-14-18(21-19(23-14)16-7-3-2-4-8-16)10-11-22-17-9-5-6-15(12-17)13-20/h2-9,12H,10-11H2,1H3. The second-order valence-electron chi connectivity index (χ2n) is 5.13. The van der Waals surface area contributed by atoms with Crippen LogP contribution in [0.2, 0.25) is 0 Å². The molecule has 3 aromatic rings. The summed E-state index contributed by atoms with van der Waals surface area (Å²) in [5, 5.41) is 9.94. The van der Waals surface area contributed by atoms with Crippen LogP contribution in [0.5, 0.6) is 5.75 Å². The van der Waals surface area contributed by atoms with Gasteiger partial charge in [0.2, 0.25) is 0 Å². The third-order valence-electron chi connectivity index (χ3n) is 3.48. The molecule has 1 heterocycles. The molecule has 0 fully saturated rings. The molecule has 2 aromatic carbocycles. The van der Waals surface area contributed by atoms with E-state index in [9.17, 15) is 0 Å². The molecule has 0 N–H and O–H groups in total. The van der Waals surface area contributed by atoms with Crippen molar-refractivity contribution in [3.63, 3.8) is 0 Å². The number of nitrogens with zero attached hydrogens (tertiary/aromatic N) is 2.